The van der Waals surface area contributed by atoms with Gasteiger partial charge in [-0.25, -0.2) is 0 Å². The maximum Gasteiger partial charge on any atom is 0.217 e. The summed E-state index contributed by atoms with van der Waals surface area (Å²) in [5.74, 6) is 0.767. The van der Waals surface area contributed by atoms with Crippen LogP contribution in [0.15, 0.2) is 0 Å². The van der Waals surface area contributed by atoms with Gasteiger partial charge in [-0.3, -0.25) is 4.79 Å². The van der Waals surface area contributed by atoms with Crippen LogP contribution in [0.2, 0.25) is 0 Å². The van der Waals surface area contributed by atoms with Crippen molar-refractivity contribution >= 4 is 5.91 Å². The van der Waals surface area contributed by atoms with Gasteiger partial charge in [0.05, 0.1) is 0 Å². The molecule has 0 aromatic heterocycles. The zero-order chi connectivity index (χ0) is 12.0. The van der Waals surface area contributed by atoms with Crippen molar-refractivity contribution in [2.24, 2.45) is 5.92 Å². The lowest BCUT2D eigenvalue weighted by molar-refractivity contribution is -0.119. The van der Waals surface area contributed by atoms with E-state index < -0.39 is 0 Å². The number of likely N-dealkylation sites (tertiary alicyclic amines) is 1. The molecule has 1 saturated heterocycles. The number of nitrogens with one attached hydrogen (secondary N) is 2. The Labute approximate surface area is 98.8 Å². The normalized spacial score (nSPS) is 23.3. The summed E-state index contributed by atoms with van der Waals surface area (Å²) in [7, 11) is 0. The molecule has 0 aromatic carbocycles. The number of nitrogens with zero attached hydrogens (tertiary/aromatic N) is 1. The summed E-state index contributed by atoms with van der Waals surface area (Å²) >= 11 is 0. The van der Waals surface area contributed by atoms with Crippen LogP contribution in [0.25, 0.3) is 0 Å². The summed E-state index contributed by atoms with van der Waals surface area (Å²) < 4.78 is 0. The average molecular weight is 227 g/mol. The maximum atomic E-state index is 10.9. The Morgan fingerprint density at radius 1 is 1.56 bits per heavy atom. The molecule has 1 heterocycles. The summed E-state index contributed by atoms with van der Waals surface area (Å²) in [6, 6.07) is 0.365. The zero-order valence-corrected chi connectivity index (χ0v) is 10.8. The summed E-state index contributed by atoms with van der Waals surface area (Å²) in [5, 5.41) is 6.36. The smallest absolute Gasteiger partial charge is 0.217 e. The van der Waals surface area contributed by atoms with Crippen LogP contribution >= 0.6 is 0 Å². The fourth-order valence-electron chi connectivity index (χ4n) is 2.30. The minimum Gasteiger partial charge on any atom is -0.352 e. The number of rotatable bonds is 6. The van der Waals surface area contributed by atoms with Crippen molar-refractivity contribution in [2.45, 2.75) is 33.2 Å². The van der Waals surface area contributed by atoms with Crippen LogP contribution in [-0.2, 0) is 4.79 Å². The van der Waals surface area contributed by atoms with E-state index in [1.165, 1.54) is 0 Å². The fraction of sp³-hybridized carbons (Fsp3) is 0.917. The Hall–Kier alpha value is -0.610. The van der Waals surface area contributed by atoms with E-state index in [4.69, 9.17) is 0 Å². The predicted molar refractivity (Wildman–Crippen MR) is 66.4 cm³/mol. The first-order valence-corrected chi connectivity index (χ1v) is 6.32. The van der Waals surface area contributed by atoms with Gasteiger partial charge in [-0.05, 0) is 25.4 Å². The monoisotopic (exact) mass is 227 g/mol. The van der Waals surface area contributed by atoms with Crippen LogP contribution in [0.1, 0.15) is 27.2 Å². The van der Waals surface area contributed by atoms with Gasteiger partial charge in [0.15, 0.2) is 0 Å². The van der Waals surface area contributed by atoms with Crippen molar-refractivity contribution < 1.29 is 4.79 Å². The SMILES string of the molecule is CCNCC(C)CN1CCC(NC(C)=O)C1. The summed E-state index contributed by atoms with van der Waals surface area (Å²) in [4.78, 5) is 13.4. The first kappa shape index (κ1) is 13.5. The standard InChI is InChI=1S/C12H25N3O/c1-4-13-7-10(2)8-15-6-5-12(9-15)14-11(3)16/h10,12-13H,4-9H2,1-3H3,(H,14,16). The van der Waals surface area contributed by atoms with Crippen molar-refractivity contribution in [1.29, 1.82) is 0 Å². The van der Waals surface area contributed by atoms with Crippen molar-refractivity contribution in [3.05, 3.63) is 0 Å². The van der Waals surface area contributed by atoms with Crippen LogP contribution < -0.4 is 10.6 Å². The highest BCUT2D eigenvalue weighted by molar-refractivity contribution is 5.73. The number of carbonyl (C=O) groups is 1. The second-order valence-corrected chi connectivity index (χ2v) is 4.86. The van der Waals surface area contributed by atoms with E-state index in [1.807, 2.05) is 0 Å². The third kappa shape index (κ3) is 4.94. The summed E-state index contributed by atoms with van der Waals surface area (Å²) in [6.07, 6.45) is 1.09. The molecule has 1 fully saturated rings. The van der Waals surface area contributed by atoms with Crippen molar-refractivity contribution in [2.75, 3.05) is 32.7 Å². The number of hydrogen-bond acceptors (Lipinski definition) is 3. The average Bonchev–Trinajstić information content (AvgIpc) is 2.61. The van der Waals surface area contributed by atoms with E-state index in [0.717, 1.165) is 39.1 Å². The van der Waals surface area contributed by atoms with E-state index in [0.29, 0.717) is 12.0 Å². The van der Waals surface area contributed by atoms with Crippen LogP contribution in [-0.4, -0.2) is 49.6 Å². The molecule has 94 valence electrons. The van der Waals surface area contributed by atoms with E-state index in [2.05, 4.69) is 29.4 Å². The fourth-order valence-corrected chi connectivity index (χ4v) is 2.30. The minimum atomic E-state index is 0.0903. The van der Waals surface area contributed by atoms with Gasteiger partial charge in [-0.1, -0.05) is 13.8 Å². The Kier molecular flexibility index (Phi) is 5.77. The summed E-state index contributed by atoms with van der Waals surface area (Å²) in [6.45, 7) is 11.4. The zero-order valence-electron chi connectivity index (χ0n) is 10.8. The van der Waals surface area contributed by atoms with Crippen molar-refractivity contribution in [1.82, 2.24) is 15.5 Å². The molecule has 2 N–H and O–H groups in total. The minimum absolute atomic E-state index is 0.0903. The highest BCUT2D eigenvalue weighted by Gasteiger charge is 2.23. The number of amides is 1. The van der Waals surface area contributed by atoms with Gasteiger partial charge in [0.1, 0.15) is 0 Å². The molecule has 1 aliphatic heterocycles. The van der Waals surface area contributed by atoms with Gasteiger partial charge in [-0.2, -0.15) is 0 Å². The second kappa shape index (κ2) is 6.86. The third-order valence-corrected chi connectivity index (χ3v) is 2.99. The topological polar surface area (TPSA) is 44.4 Å². The molecule has 0 saturated carbocycles. The first-order valence-electron chi connectivity index (χ1n) is 6.32. The Morgan fingerprint density at radius 3 is 2.94 bits per heavy atom. The predicted octanol–water partition coefficient (Wildman–Crippen LogP) is 0.442. The molecule has 1 aliphatic rings. The largest absolute Gasteiger partial charge is 0.352 e. The quantitative estimate of drug-likeness (QED) is 0.692. The van der Waals surface area contributed by atoms with E-state index in [-0.39, 0.29) is 5.91 Å². The highest BCUT2D eigenvalue weighted by atomic mass is 16.1. The molecule has 2 atom stereocenters. The Balaban J connectivity index is 2.17. The van der Waals surface area contributed by atoms with Gasteiger partial charge in [-0.15, -0.1) is 0 Å². The molecule has 0 bridgehead atoms. The molecule has 0 radical (unpaired) electrons. The molecule has 2 unspecified atom stereocenters. The molecular formula is C12H25N3O. The molecule has 4 nitrogen and oxygen atoms in total. The number of carbonyl (C=O) groups excluding carboxylic acids is 1. The van der Waals surface area contributed by atoms with Gasteiger partial charge in [0, 0.05) is 32.6 Å². The van der Waals surface area contributed by atoms with Crippen LogP contribution in [0.5, 0.6) is 0 Å². The van der Waals surface area contributed by atoms with Gasteiger partial charge < -0.3 is 15.5 Å². The molecular weight excluding hydrogens is 202 g/mol. The molecule has 16 heavy (non-hydrogen) atoms. The first-order chi connectivity index (χ1) is 7.61. The van der Waals surface area contributed by atoms with Crippen LogP contribution in [0, 0.1) is 5.92 Å². The Bertz CT molecular complexity index is 220. The number of hydrogen-bond donors (Lipinski definition) is 2. The maximum absolute atomic E-state index is 10.9. The second-order valence-electron chi connectivity index (χ2n) is 4.86. The van der Waals surface area contributed by atoms with Gasteiger partial charge in [0.25, 0.3) is 0 Å². The molecule has 0 aliphatic carbocycles. The van der Waals surface area contributed by atoms with Gasteiger partial charge in [0.2, 0.25) is 5.91 Å². The molecule has 4 heteroatoms. The van der Waals surface area contributed by atoms with Crippen LogP contribution in [0.3, 0.4) is 0 Å². The van der Waals surface area contributed by atoms with E-state index in [1.54, 1.807) is 6.92 Å². The lowest BCUT2D eigenvalue weighted by atomic mass is 10.1. The lowest BCUT2D eigenvalue weighted by Crippen LogP contribution is -2.37. The lowest BCUT2D eigenvalue weighted by Gasteiger charge is -2.21. The third-order valence-electron chi connectivity index (χ3n) is 2.99. The van der Waals surface area contributed by atoms with Crippen molar-refractivity contribution in [3.63, 3.8) is 0 Å². The molecule has 0 aromatic rings. The molecule has 1 amide bonds. The van der Waals surface area contributed by atoms with Gasteiger partial charge >= 0.3 is 0 Å². The summed E-state index contributed by atoms with van der Waals surface area (Å²) in [5.41, 5.74) is 0. The Morgan fingerprint density at radius 2 is 2.31 bits per heavy atom. The molecule has 1 rings (SSSR count). The van der Waals surface area contributed by atoms with Crippen molar-refractivity contribution in [3.8, 4) is 0 Å². The van der Waals surface area contributed by atoms with Crippen LogP contribution in [0.4, 0.5) is 0 Å². The van der Waals surface area contributed by atoms with E-state index >= 15 is 0 Å². The molecule has 0 spiro atoms. The van der Waals surface area contributed by atoms with E-state index in [9.17, 15) is 4.79 Å². The highest BCUT2D eigenvalue weighted by Crippen LogP contribution is 2.11.